The highest BCUT2D eigenvalue weighted by atomic mass is 16.5. The first-order chi connectivity index (χ1) is 8.22. The Morgan fingerprint density at radius 3 is 2.44 bits per heavy atom. The Kier molecular flexibility index (Phi) is 6.68. The number of methoxy groups -OCH3 is 1. The Labute approximate surface area is 108 Å². The zero-order chi connectivity index (χ0) is 14.3. The van der Waals surface area contributed by atoms with Crippen molar-refractivity contribution in [3.8, 4) is 0 Å². The third kappa shape index (κ3) is 5.35. The third-order valence-electron chi connectivity index (χ3n) is 2.99. The third-order valence-corrected chi connectivity index (χ3v) is 2.99. The van der Waals surface area contributed by atoms with Gasteiger partial charge in [0.1, 0.15) is 0 Å². The van der Waals surface area contributed by atoms with E-state index in [1.54, 1.807) is 28.0 Å². The molecule has 0 aliphatic heterocycles. The van der Waals surface area contributed by atoms with E-state index in [4.69, 9.17) is 9.84 Å². The molecule has 1 atom stereocenters. The first-order valence-corrected chi connectivity index (χ1v) is 5.95. The van der Waals surface area contributed by atoms with Gasteiger partial charge in [0.25, 0.3) is 0 Å². The summed E-state index contributed by atoms with van der Waals surface area (Å²) >= 11 is 0. The summed E-state index contributed by atoms with van der Waals surface area (Å²) in [7, 11) is 3.26. The lowest BCUT2D eigenvalue weighted by atomic mass is 9.90. The highest BCUT2D eigenvalue weighted by Crippen LogP contribution is 2.19. The van der Waals surface area contributed by atoms with Crippen molar-refractivity contribution in [2.45, 2.75) is 33.2 Å². The van der Waals surface area contributed by atoms with Crippen molar-refractivity contribution in [2.24, 2.45) is 5.41 Å². The fourth-order valence-electron chi connectivity index (χ4n) is 1.27. The molecule has 0 aromatic rings. The van der Waals surface area contributed by atoms with Crippen LogP contribution < -0.4 is 5.32 Å². The second-order valence-electron chi connectivity index (χ2n) is 5.09. The normalized spacial score (nSPS) is 12.9. The summed E-state index contributed by atoms with van der Waals surface area (Å²) in [5.74, 6) is -0.863. The largest absolute Gasteiger partial charge is 0.481 e. The van der Waals surface area contributed by atoms with E-state index in [2.05, 4.69) is 5.32 Å². The van der Waals surface area contributed by atoms with Crippen molar-refractivity contribution in [1.29, 1.82) is 0 Å². The van der Waals surface area contributed by atoms with Crippen LogP contribution in [0, 0.1) is 5.41 Å². The number of carboxylic acids is 1. The van der Waals surface area contributed by atoms with E-state index >= 15 is 0 Å². The van der Waals surface area contributed by atoms with Gasteiger partial charge in [-0.05, 0) is 27.2 Å². The minimum atomic E-state index is -0.863. The standard InChI is InChI=1S/C12H24N2O4/c1-9(8-18-5)14(4)11(17)13-7-6-12(2,3)10(15)16/h9H,6-8H2,1-5H3,(H,13,17)(H,15,16). The number of hydrogen-bond donors (Lipinski definition) is 2. The van der Waals surface area contributed by atoms with Crippen LogP contribution in [0.2, 0.25) is 0 Å². The van der Waals surface area contributed by atoms with Crippen LogP contribution in [0.3, 0.4) is 0 Å². The molecule has 6 nitrogen and oxygen atoms in total. The molecule has 1 unspecified atom stereocenters. The number of rotatable bonds is 7. The summed E-state index contributed by atoms with van der Waals surface area (Å²) in [4.78, 5) is 24.2. The zero-order valence-corrected chi connectivity index (χ0v) is 11.8. The number of carbonyl (C=O) groups excluding carboxylic acids is 1. The number of hydrogen-bond acceptors (Lipinski definition) is 3. The van der Waals surface area contributed by atoms with Crippen LogP contribution >= 0.6 is 0 Å². The van der Waals surface area contributed by atoms with Crippen molar-refractivity contribution in [3.05, 3.63) is 0 Å². The molecule has 0 heterocycles. The molecular formula is C12H24N2O4. The highest BCUT2D eigenvalue weighted by Gasteiger charge is 2.27. The maximum atomic E-state index is 11.7. The number of aliphatic carboxylic acids is 1. The molecule has 0 aromatic heterocycles. The lowest BCUT2D eigenvalue weighted by Crippen LogP contribution is -2.45. The lowest BCUT2D eigenvalue weighted by molar-refractivity contribution is -0.147. The maximum Gasteiger partial charge on any atom is 0.317 e. The van der Waals surface area contributed by atoms with Crippen LogP contribution in [0.4, 0.5) is 4.79 Å². The number of nitrogens with zero attached hydrogens (tertiary/aromatic N) is 1. The quantitative estimate of drug-likeness (QED) is 0.720. The predicted molar refractivity (Wildman–Crippen MR) is 68.5 cm³/mol. The predicted octanol–water partition coefficient (Wildman–Crippen LogP) is 1.16. The monoisotopic (exact) mass is 260 g/mol. The van der Waals surface area contributed by atoms with E-state index in [9.17, 15) is 9.59 Å². The van der Waals surface area contributed by atoms with Gasteiger partial charge >= 0.3 is 12.0 Å². The van der Waals surface area contributed by atoms with Gasteiger partial charge in [0.2, 0.25) is 0 Å². The first-order valence-electron chi connectivity index (χ1n) is 5.95. The van der Waals surface area contributed by atoms with E-state index in [1.165, 1.54) is 4.90 Å². The molecule has 0 fully saturated rings. The molecule has 0 aromatic carbocycles. The van der Waals surface area contributed by atoms with Crippen molar-refractivity contribution in [2.75, 3.05) is 27.3 Å². The van der Waals surface area contributed by atoms with Gasteiger partial charge in [-0.1, -0.05) is 0 Å². The number of carbonyl (C=O) groups is 2. The molecule has 0 saturated carbocycles. The Bertz CT molecular complexity index is 292. The van der Waals surface area contributed by atoms with Gasteiger partial charge in [-0.25, -0.2) is 4.79 Å². The van der Waals surface area contributed by atoms with E-state index in [1.807, 2.05) is 6.92 Å². The van der Waals surface area contributed by atoms with Crippen LogP contribution in [-0.2, 0) is 9.53 Å². The van der Waals surface area contributed by atoms with Gasteiger partial charge in [0, 0.05) is 20.7 Å². The smallest absolute Gasteiger partial charge is 0.317 e. The maximum absolute atomic E-state index is 11.7. The average molecular weight is 260 g/mol. The van der Waals surface area contributed by atoms with E-state index < -0.39 is 11.4 Å². The fourth-order valence-corrected chi connectivity index (χ4v) is 1.27. The topological polar surface area (TPSA) is 78.9 Å². The molecule has 2 amide bonds. The Morgan fingerprint density at radius 1 is 1.44 bits per heavy atom. The molecule has 0 aliphatic carbocycles. The molecule has 0 saturated heterocycles. The minimum absolute atomic E-state index is 0.0255. The Hall–Kier alpha value is -1.30. The van der Waals surface area contributed by atoms with Gasteiger partial charge in [0.05, 0.1) is 18.1 Å². The second-order valence-corrected chi connectivity index (χ2v) is 5.09. The average Bonchev–Trinajstić information content (AvgIpc) is 2.27. The molecule has 106 valence electrons. The summed E-state index contributed by atoms with van der Waals surface area (Å²) in [6.07, 6.45) is 0.389. The SMILES string of the molecule is COCC(C)N(C)C(=O)NCCC(C)(C)C(=O)O. The molecule has 0 spiro atoms. The van der Waals surface area contributed by atoms with Gasteiger partial charge in [-0.3, -0.25) is 4.79 Å². The number of amides is 2. The Balaban J connectivity index is 4.08. The minimum Gasteiger partial charge on any atom is -0.481 e. The summed E-state index contributed by atoms with van der Waals surface area (Å²) < 4.78 is 4.97. The van der Waals surface area contributed by atoms with Crippen molar-refractivity contribution in [3.63, 3.8) is 0 Å². The van der Waals surface area contributed by atoms with E-state index in [0.29, 0.717) is 19.6 Å². The molecule has 6 heteroatoms. The molecule has 0 radical (unpaired) electrons. The van der Waals surface area contributed by atoms with Crippen LogP contribution in [0.5, 0.6) is 0 Å². The number of likely N-dealkylation sites (N-methyl/N-ethyl adjacent to an activating group) is 1. The molecule has 18 heavy (non-hydrogen) atoms. The van der Waals surface area contributed by atoms with Gasteiger partial charge in [0.15, 0.2) is 0 Å². The molecular weight excluding hydrogens is 236 g/mol. The van der Waals surface area contributed by atoms with Crippen LogP contribution in [0.1, 0.15) is 27.2 Å². The molecule has 0 aliphatic rings. The summed E-state index contributed by atoms with van der Waals surface area (Å²) in [6.45, 7) is 5.95. The van der Waals surface area contributed by atoms with Crippen LogP contribution in [-0.4, -0.2) is 55.4 Å². The highest BCUT2D eigenvalue weighted by molar-refractivity contribution is 5.75. The van der Waals surface area contributed by atoms with Crippen LogP contribution in [0.25, 0.3) is 0 Å². The van der Waals surface area contributed by atoms with E-state index in [-0.39, 0.29) is 12.1 Å². The zero-order valence-electron chi connectivity index (χ0n) is 11.8. The van der Waals surface area contributed by atoms with Crippen molar-refractivity contribution >= 4 is 12.0 Å². The first kappa shape index (κ1) is 16.7. The van der Waals surface area contributed by atoms with Gasteiger partial charge in [-0.2, -0.15) is 0 Å². The number of ether oxygens (including phenoxy) is 1. The number of urea groups is 1. The molecule has 0 bridgehead atoms. The number of nitrogens with one attached hydrogen (secondary N) is 1. The van der Waals surface area contributed by atoms with E-state index in [0.717, 1.165) is 0 Å². The summed E-state index contributed by atoms with van der Waals surface area (Å²) in [5.41, 5.74) is -0.829. The van der Waals surface area contributed by atoms with Gasteiger partial charge in [-0.15, -0.1) is 0 Å². The van der Waals surface area contributed by atoms with Crippen molar-refractivity contribution < 1.29 is 19.4 Å². The fraction of sp³-hybridized carbons (Fsp3) is 0.833. The molecule has 2 N–H and O–H groups in total. The summed E-state index contributed by atoms with van der Waals surface area (Å²) in [6, 6.07) is -0.247. The summed E-state index contributed by atoms with van der Waals surface area (Å²) in [5, 5.41) is 11.6. The van der Waals surface area contributed by atoms with Crippen LogP contribution in [0.15, 0.2) is 0 Å². The second kappa shape index (κ2) is 7.20. The lowest BCUT2D eigenvalue weighted by Gasteiger charge is -2.25. The van der Waals surface area contributed by atoms with Gasteiger partial charge < -0.3 is 20.1 Å². The van der Waals surface area contributed by atoms with Crippen molar-refractivity contribution in [1.82, 2.24) is 10.2 Å². The molecule has 0 rings (SSSR count). The number of carboxylic acid groups (broad SMARTS) is 1. The Morgan fingerprint density at radius 2 is 2.00 bits per heavy atom.